The quantitative estimate of drug-likeness (QED) is 0.664. The third-order valence-electron chi connectivity index (χ3n) is 2.92. The maximum Gasteiger partial charge on any atom is 0.335 e. The van der Waals surface area contributed by atoms with Gasteiger partial charge in [-0.15, -0.1) is 22.7 Å². The molecule has 0 aliphatic rings. The lowest BCUT2D eigenvalue weighted by molar-refractivity contribution is 0.0697. The first kappa shape index (κ1) is 15.3. The van der Waals surface area contributed by atoms with Crippen molar-refractivity contribution in [2.45, 2.75) is 0 Å². The molecule has 0 fully saturated rings. The molecule has 0 atom stereocenters. The molecule has 0 saturated heterocycles. The Hall–Kier alpha value is -2.57. The summed E-state index contributed by atoms with van der Waals surface area (Å²) in [6.07, 6.45) is 3.44. The fourth-order valence-electron chi connectivity index (χ4n) is 1.87. The molecule has 0 aliphatic carbocycles. The van der Waals surface area contributed by atoms with Gasteiger partial charge in [-0.2, -0.15) is 0 Å². The van der Waals surface area contributed by atoms with Gasteiger partial charge in [-0.3, -0.25) is 9.98 Å². The Balaban J connectivity index is 1.91. The molecule has 0 radical (unpaired) electrons. The zero-order valence-electron chi connectivity index (χ0n) is 11.9. The molecular weight excluding hydrogens is 328 g/mol. The van der Waals surface area contributed by atoms with E-state index in [1.807, 2.05) is 35.0 Å². The van der Waals surface area contributed by atoms with Crippen molar-refractivity contribution in [3.8, 4) is 0 Å². The molecule has 0 bridgehead atoms. The summed E-state index contributed by atoms with van der Waals surface area (Å²) in [7, 11) is 0. The molecule has 0 unspecified atom stereocenters. The Bertz CT molecular complexity index is 788. The Morgan fingerprint density at radius 2 is 1.43 bits per heavy atom. The molecule has 2 heterocycles. The molecule has 3 aromatic rings. The average Bonchev–Trinajstić information content (AvgIpc) is 3.24. The van der Waals surface area contributed by atoms with E-state index in [1.165, 1.54) is 12.1 Å². The molecule has 4 nitrogen and oxygen atoms in total. The first-order valence-electron chi connectivity index (χ1n) is 6.74. The van der Waals surface area contributed by atoms with Gasteiger partial charge in [-0.1, -0.05) is 12.1 Å². The molecule has 1 N–H and O–H groups in total. The number of carboxylic acids is 1. The fraction of sp³-hybridized carbons (Fsp3) is 0. The molecule has 23 heavy (non-hydrogen) atoms. The molecule has 6 heteroatoms. The third-order valence-corrected chi connectivity index (χ3v) is 4.53. The van der Waals surface area contributed by atoms with Crippen LogP contribution in [-0.4, -0.2) is 23.5 Å². The summed E-state index contributed by atoms with van der Waals surface area (Å²) in [6, 6.07) is 12.6. The van der Waals surface area contributed by atoms with Gasteiger partial charge in [0.05, 0.1) is 16.9 Å². The van der Waals surface area contributed by atoms with Crippen LogP contribution in [0.4, 0.5) is 11.4 Å². The Labute approximate surface area is 141 Å². The minimum atomic E-state index is -0.995. The van der Waals surface area contributed by atoms with Crippen LogP contribution in [0.1, 0.15) is 20.1 Å². The van der Waals surface area contributed by atoms with Crippen LogP contribution in [0.15, 0.2) is 63.2 Å². The third kappa shape index (κ3) is 4.21. The van der Waals surface area contributed by atoms with Crippen molar-refractivity contribution in [2.24, 2.45) is 9.98 Å². The second-order valence-corrected chi connectivity index (χ2v) is 6.55. The maximum atomic E-state index is 11.3. The van der Waals surface area contributed by atoms with Crippen molar-refractivity contribution < 1.29 is 9.90 Å². The summed E-state index contributed by atoms with van der Waals surface area (Å²) in [5, 5.41) is 13.2. The van der Waals surface area contributed by atoms with Gasteiger partial charge in [-0.25, -0.2) is 4.79 Å². The molecule has 114 valence electrons. The summed E-state index contributed by atoms with van der Waals surface area (Å²) in [5.41, 5.74) is 1.30. The lowest BCUT2D eigenvalue weighted by Crippen LogP contribution is -1.95. The smallest absolute Gasteiger partial charge is 0.335 e. The number of aromatic carboxylic acids is 1. The van der Waals surface area contributed by atoms with Crippen LogP contribution in [0.5, 0.6) is 0 Å². The first-order valence-corrected chi connectivity index (χ1v) is 8.50. The highest BCUT2D eigenvalue weighted by molar-refractivity contribution is 7.12. The standard InChI is InChI=1S/C17H12N2O2S2/c20-17(21)12-7-13(18-10-15-3-1-5-22-15)9-14(8-12)19-11-16-4-2-6-23-16/h1-11H,(H,20,21). The van der Waals surface area contributed by atoms with Gasteiger partial charge in [0.2, 0.25) is 0 Å². The summed E-state index contributed by atoms with van der Waals surface area (Å²) < 4.78 is 0. The largest absolute Gasteiger partial charge is 0.478 e. The van der Waals surface area contributed by atoms with Gasteiger partial charge in [0.25, 0.3) is 0 Å². The monoisotopic (exact) mass is 340 g/mol. The summed E-state index contributed by atoms with van der Waals surface area (Å²) in [6.45, 7) is 0. The molecule has 3 rings (SSSR count). The predicted octanol–water partition coefficient (Wildman–Crippen LogP) is 5.01. The van der Waals surface area contributed by atoms with E-state index in [0.717, 1.165) is 9.75 Å². The second kappa shape index (κ2) is 7.13. The number of aliphatic imine (C=N–C) groups is 2. The van der Waals surface area contributed by atoms with Crippen molar-refractivity contribution in [1.29, 1.82) is 0 Å². The van der Waals surface area contributed by atoms with Crippen LogP contribution in [-0.2, 0) is 0 Å². The molecule has 0 aliphatic heterocycles. The number of hydrogen-bond donors (Lipinski definition) is 1. The zero-order chi connectivity index (χ0) is 16.1. The van der Waals surface area contributed by atoms with E-state index in [0.29, 0.717) is 11.4 Å². The first-order chi connectivity index (χ1) is 11.2. The van der Waals surface area contributed by atoms with Crippen LogP contribution in [0, 0.1) is 0 Å². The van der Waals surface area contributed by atoms with Crippen LogP contribution < -0.4 is 0 Å². The van der Waals surface area contributed by atoms with Gasteiger partial charge < -0.3 is 5.11 Å². The Morgan fingerprint density at radius 3 is 1.83 bits per heavy atom. The van der Waals surface area contributed by atoms with Crippen LogP contribution in [0.3, 0.4) is 0 Å². The summed E-state index contributed by atoms with van der Waals surface area (Å²) in [4.78, 5) is 22.0. The number of carbonyl (C=O) groups is 1. The van der Waals surface area contributed by atoms with Gasteiger partial charge in [0.1, 0.15) is 0 Å². The number of benzene rings is 1. The molecule has 0 saturated carbocycles. The van der Waals surface area contributed by atoms with E-state index < -0.39 is 5.97 Å². The summed E-state index contributed by atoms with van der Waals surface area (Å²) in [5.74, 6) is -0.995. The van der Waals surface area contributed by atoms with Crippen molar-refractivity contribution in [3.63, 3.8) is 0 Å². The van der Waals surface area contributed by atoms with Crippen molar-refractivity contribution >= 4 is 52.4 Å². The number of carboxylic acid groups (broad SMARTS) is 1. The highest BCUT2D eigenvalue weighted by Gasteiger charge is 2.06. The topological polar surface area (TPSA) is 62.0 Å². The molecule has 0 spiro atoms. The summed E-state index contributed by atoms with van der Waals surface area (Å²) >= 11 is 3.14. The van der Waals surface area contributed by atoms with Gasteiger partial charge in [0, 0.05) is 22.2 Å². The highest BCUT2D eigenvalue weighted by atomic mass is 32.1. The Morgan fingerprint density at radius 1 is 0.913 bits per heavy atom. The van der Waals surface area contributed by atoms with E-state index >= 15 is 0 Å². The molecule has 2 aromatic heterocycles. The minimum absolute atomic E-state index is 0.171. The average molecular weight is 340 g/mol. The zero-order valence-corrected chi connectivity index (χ0v) is 13.6. The van der Waals surface area contributed by atoms with Crippen LogP contribution in [0.25, 0.3) is 0 Å². The van der Waals surface area contributed by atoms with E-state index in [9.17, 15) is 9.90 Å². The SMILES string of the molecule is O=C(O)c1cc(N=Cc2cccs2)cc(N=Cc2cccs2)c1. The van der Waals surface area contributed by atoms with Crippen molar-refractivity contribution in [1.82, 2.24) is 0 Å². The predicted molar refractivity (Wildman–Crippen MR) is 96.5 cm³/mol. The maximum absolute atomic E-state index is 11.3. The van der Waals surface area contributed by atoms with E-state index in [1.54, 1.807) is 41.2 Å². The van der Waals surface area contributed by atoms with Gasteiger partial charge >= 0.3 is 5.97 Å². The Kier molecular flexibility index (Phi) is 4.75. The normalized spacial score (nSPS) is 11.5. The fourth-order valence-corrected chi connectivity index (χ4v) is 3.04. The minimum Gasteiger partial charge on any atom is -0.478 e. The number of hydrogen-bond acceptors (Lipinski definition) is 5. The second-order valence-electron chi connectivity index (χ2n) is 4.59. The number of rotatable bonds is 5. The lowest BCUT2D eigenvalue weighted by atomic mass is 10.2. The van der Waals surface area contributed by atoms with E-state index in [4.69, 9.17) is 0 Å². The van der Waals surface area contributed by atoms with E-state index in [2.05, 4.69) is 9.98 Å². The van der Waals surface area contributed by atoms with Gasteiger partial charge in [-0.05, 0) is 41.1 Å². The van der Waals surface area contributed by atoms with Crippen LogP contribution in [0.2, 0.25) is 0 Å². The highest BCUT2D eigenvalue weighted by Crippen LogP contribution is 2.24. The van der Waals surface area contributed by atoms with Crippen molar-refractivity contribution in [2.75, 3.05) is 0 Å². The lowest BCUT2D eigenvalue weighted by Gasteiger charge is -2.01. The van der Waals surface area contributed by atoms with Crippen molar-refractivity contribution in [3.05, 3.63) is 68.5 Å². The van der Waals surface area contributed by atoms with E-state index in [-0.39, 0.29) is 5.56 Å². The number of thiophene rings is 2. The molecule has 1 aromatic carbocycles. The van der Waals surface area contributed by atoms with Crippen LogP contribution >= 0.6 is 22.7 Å². The molecule has 0 amide bonds. The number of nitrogens with zero attached hydrogens (tertiary/aromatic N) is 2. The molecular formula is C17H12N2O2S2. The van der Waals surface area contributed by atoms with Gasteiger partial charge in [0.15, 0.2) is 0 Å².